The number of carbonyl (C=O) groups is 1. The number of hydrogen-bond acceptors (Lipinski definition) is 5. The Bertz CT molecular complexity index is 955. The van der Waals surface area contributed by atoms with Crippen LogP contribution in [0, 0.1) is 13.8 Å². The molecule has 2 aromatic carbocycles. The summed E-state index contributed by atoms with van der Waals surface area (Å²) in [5.74, 6) is 1.27. The van der Waals surface area contributed by atoms with Gasteiger partial charge in [0.15, 0.2) is 6.61 Å². The molecule has 0 aliphatic rings. The lowest BCUT2D eigenvalue weighted by Crippen LogP contribution is -2.31. The van der Waals surface area contributed by atoms with E-state index < -0.39 is 0 Å². The van der Waals surface area contributed by atoms with Crippen LogP contribution in [0.5, 0.6) is 5.75 Å². The quantitative estimate of drug-likeness (QED) is 0.640. The van der Waals surface area contributed by atoms with Crippen LogP contribution in [-0.2, 0) is 11.3 Å². The molecule has 0 radical (unpaired) electrons. The fourth-order valence-electron chi connectivity index (χ4n) is 2.47. The van der Waals surface area contributed by atoms with E-state index in [4.69, 9.17) is 20.9 Å². The smallest absolute Gasteiger partial charge is 0.260 e. The minimum Gasteiger partial charge on any atom is -0.484 e. The van der Waals surface area contributed by atoms with E-state index >= 15 is 0 Å². The van der Waals surface area contributed by atoms with Crippen molar-refractivity contribution in [3.8, 4) is 17.1 Å². The molecule has 140 valence electrons. The van der Waals surface area contributed by atoms with E-state index in [-0.39, 0.29) is 19.1 Å². The molecule has 0 spiro atoms. The third-order valence-electron chi connectivity index (χ3n) is 4.03. The highest BCUT2D eigenvalue weighted by molar-refractivity contribution is 6.31. The number of nitrogens with zero attached hydrogens (tertiary/aromatic N) is 3. The van der Waals surface area contributed by atoms with E-state index in [9.17, 15) is 4.79 Å². The summed E-state index contributed by atoms with van der Waals surface area (Å²) in [6.45, 7) is 4.00. The SMILES string of the molecule is Cc1cccc(-c2noc(CN(C)C(=O)COc3ccc(Cl)c(C)c3)n2)c1. The molecular weight excluding hydrogens is 366 g/mol. The number of hydrogen-bond donors (Lipinski definition) is 0. The summed E-state index contributed by atoms with van der Waals surface area (Å²) in [7, 11) is 1.66. The Balaban J connectivity index is 1.57. The molecule has 0 aliphatic carbocycles. The molecule has 0 atom stereocenters. The molecule has 0 aliphatic heterocycles. The molecule has 3 rings (SSSR count). The molecule has 0 fully saturated rings. The highest BCUT2D eigenvalue weighted by Gasteiger charge is 2.15. The molecule has 1 aromatic heterocycles. The van der Waals surface area contributed by atoms with Crippen molar-refractivity contribution >= 4 is 17.5 Å². The van der Waals surface area contributed by atoms with Gasteiger partial charge in [-0.3, -0.25) is 4.79 Å². The summed E-state index contributed by atoms with van der Waals surface area (Å²) >= 11 is 5.98. The van der Waals surface area contributed by atoms with Gasteiger partial charge in [-0.05, 0) is 43.7 Å². The zero-order chi connectivity index (χ0) is 19.4. The molecule has 3 aromatic rings. The third kappa shape index (κ3) is 4.86. The minimum absolute atomic E-state index is 0.0869. The van der Waals surface area contributed by atoms with Crippen LogP contribution in [0.3, 0.4) is 0 Å². The maximum absolute atomic E-state index is 12.3. The zero-order valence-corrected chi connectivity index (χ0v) is 16.2. The van der Waals surface area contributed by atoms with Crippen molar-refractivity contribution in [3.05, 3.63) is 64.5 Å². The van der Waals surface area contributed by atoms with Crippen molar-refractivity contribution < 1.29 is 14.1 Å². The highest BCUT2D eigenvalue weighted by Crippen LogP contribution is 2.21. The molecule has 27 heavy (non-hydrogen) atoms. The summed E-state index contributed by atoms with van der Waals surface area (Å²) in [4.78, 5) is 18.1. The van der Waals surface area contributed by atoms with E-state index in [1.807, 2.05) is 38.1 Å². The van der Waals surface area contributed by atoms with Crippen LogP contribution in [0.15, 0.2) is 47.0 Å². The number of ether oxygens (including phenoxy) is 1. The molecule has 0 saturated heterocycles. The first-order chi connectivity index (χ1) is 12.9. The molecule has 0 bridgehead atoms. The first-order valence-electron chi connectivity index (χ1n) is 8.45. The van der Waals surface area contributed by atoms with Gasteiger partial charge in [0.05, 0.1) is 6.54 Å². The van der Waals surface area contributed by atoms with E-state index in [1.165, 1.54) is 4.90 Å². The van der Waals surface area contributed by atoms with Crippen LogP contribution in [-0.4, -0.2) is 34.6 Å². The number of carbonyl (C=O) groups excluding carboxylic acids is 1. The lowest BCUT2D eigenvalue weighted by molar-refractivity contribution is -0.132. The Morgan fingerprint density at radius 2 is 2.04 bits per heavy atom. The van der Waals surface area contributed by atoms with E-state index in [2.05, 4.69) is 10.1 Å². The monoisotopic (exact) mass is 385 g/mol. The van der Waals surface area contributed by atoms with Gasteiger partial charge >= 0.3 is 0 Å². The lowest BCUT2D eigenvalue weighted by atomic mass is 10.1. The van der Waals surface area contributed by atoms with Crippen molar-refractivity contribution in [2.24, 2.45) is 0 Å². The molecule has 6 nitrogen and oxygen atoms in total. The first-order valence-corrected chi connectivity index (χ1v) is 8.82. The Kier molecular flexibility index (Phi) is 5.76. The summed E-state index contributed by atoms with van der Waals surface area (Å²) in [6, 6.07) is 13.1. The molecule has 0 unspecified atom stereocenters. The summed E-state index contributed by atoms with van der Waals surface area (Å²) in [5, 5.41) is 4.64. The number of aryl methyl sites for hydroxylation is 2. The predicted octanol–water partition coefficient (Wildman–Crippen LogP) is 4.04. The van der Waals surface area contributed by atoms with E-state index in [1.54, 1.807) is 25.2 Å². The van der Waals surface area contributed by atoms with Gasteiger partial charge < -0.3 is 14.2 Å². The Hall–Kier alpha value is -2.86. The first kappa shape index (κ1) is 18.9. The maximum atomic E-state index is 12.3. The zero-order valence-electron chi connectivity index (χ0n) is 15.4. The molecule has 0 N–H and O–H groups in total. The molecule has 1 amide bonds. The number of benzene rings is 2. The number of halogens is 1. The number of aromatic nitrogens is 2. The van der Waals surface area contributed by atoms with Gasteiger partial charge in [-0.1, -0.05) is 40.5 Å². The van der Waals surface area contributed by atoms with Crippen LogP contribution in [0.25, 0.3) is 11.4 Å². The largest absolute Gasteiger partial charge is 0.484 e. The van der Waals surface area contributed by atoms with Crippen molar-refractivity contribution in [1.29, 1.82) is 0 Å². The van der Waals surface area contributed by atoms with Gasteiger partial charge in [-0.15, -0.1) is 0 Å². The fourth-order valence-corrected chi connectivity index (χ4v) is 2.59. The second-order valence-electron chi connectivity index (χ2n) is 6.33. The lowest BCUT2D eigenvalue weighted by Gasteiger charge is -2.15. The second kappa shape index (κ2) is 8.22. The summed E-state index contributed by atoms with van der Waals surface area (Å²) < 4.78 is 10.8. The van der Waals surface area contributed by atoms with Crippen LogP contribution >= 0.6 is 11.6 Å². The van der Waals surface area contributed by atoms with Crippen molar-refractivity contribution in [2.75, 3.05) is 13.7 Å². The van der Waals surface area contributed by atoms with Gasteiger partial charge in [0, 0.05) is 17.6 Å². The molecule has 0 saturated carbocycles. The Morgan fingerprint density at radius 3 is 2.78 bits per heavy atom. The fraction of sp³-hybridized carbons (Fsp3) is 0.250. The Morgan fingerprint density at radius 1 is 1.22 bits per heavy atom. The molecular formula is C20H20ClN3O3. The summed E-state index contributed by atoms with van der Waals surface area (Å²) in [5.41, 5.74) is 2.88. The normalized spacial score (nSPS) is 10.7. The second-order valence-corrected chi connectivity index (χ2v) is 6.74. The van der Waals surface area contributed by atoms with Crippen LogP contribution in [0.1, 0.15) is 17.0 Å². The van der Waals surface area contributed by atoms with Crippen LogP contribution < -0.4 is 4.74 Å². The van der Waals surface area contributed by atoms with Gasteiger partial charge in [0.2, 0.25) is 11.7 Å². The van der Waals surface area contributed by atoms with Crippen molar-refractivity contribution in [2.45, 2.75) is 20.4 Å². The number of amides is 1. The average Bonchev–Trinajstić information content (AvgIpc) is 3.11. The van der Waals surface area contributed by atoms with Crippen molar-refractivity contribution in [1.82, 2.24) is 15.0 Å². The topological polar surface area (TPSA) is 68.5 Å². The number of rotatable bonds is 6. The third-order valence-corrected chi connectivity index (χ3v) is 4.46. The van der Waals surface area contributed by atoms with Crippen LogP contribution in [0.4, 0.5) is 0 Å². The highest BCUT2D eigenvalue weighted by atomic mass is 35.5. The Labute approximate surface area is 162 Å². The molecule has 1 heterocycles. The van der Waals surface area contributed by atoms with E-state index in [0.29, 0.717) is 22.5 Å². The predicted molar refractivity (Wildman–Crippen MR) is 103 cm³/mol. The van der Waals surface area contributed by atoms with Gasteiger partial charge in [-0.25, -0.2) is 0 Å². The standard InChI is InChI=1S/C20H20ClN3O3/c1-13-5-4-6-15(9-13)20-22-18(27-23-20)11-24(3)19(25)12-26-16-7-8-17(21)14(2)10-16/h4-10H,11-12H2,1-3H3. The number of likely N-dealkylation sites (N-methyl/N-ethyl adjacent to an activating group) is 1. The van der Waals surface area contributed by atoms with Gasteiger partial charge in [0.25, 0.3) is 5.91 Å². The summed E-state index contributed by atoms with van der Waals surface area (Å²) in [6.07, 6.45) is 0. The van der Waals surface area contributed by atoms with E-state index in [0.717, 1.165) is 16.7 Å². The minimum atomic E-state index is -0.196. The molecule has 7 heteroatoms. The average molecular weight is 386 g/mol. The van der Waals surface area contributed by atoms with Crippen LogP contribution in [0.2, 0.25) is 5.02 Å². The van der Waals surface area contributed by atoms with Gasteiger partial charge in [-0.2, -0.15) is 4.98 Å². The van der Waals surface area contributed by atoms with Crippen molar-refractivity contribution in [3.63, 3.8) is 0 Å². The maximum Gasteiger partial charge on any atom is 0.260 e. The van der Waals surface area contributed by atoms with Gasteiger partial charge in [0.1, 0.15) is 5.75 Å².